The molecule has 0 aliphatic heterocycles. The van der Waals surface area contributed by atoms with Crippen molar-refractivity contribution in [1.82, 2.24) is 4.98 Å². The number of halogens is 3. The molecule has 9 heteroatoms. The van der Waals surface area contributed by atoms with Crippen molar-refractivity contribution in [1.29, 1.82) is 0 Å². The number of ether oxygens (including phenoxy) is 1. The highest BCUT2D eigenvalue weighted by atomic mass is 35.5. The molecular weight excluding hydrogens is 286 g/mol. The summed E-state index contributed by atoms with van der Waals surface area (Å²) >= 11 is 5.51. The molecule has 0 saturated carbocycles. The van der Waals surface area contributed by atoms with Crippen LogP contribution < -0.4 is 0 Å². The fraction of sp³-hybridized carbons (Fsp3) is 0.400. The van der Waals surface area contributed by atoms with Gasteiger partial charge in [-0.1, -0.05) is 11.6 Å². The lowest BCUT2D eigenvalue weighted by atomic mass is 10.1. The summed E-state index contributed by atoms with van der Waals surface area (Å²) < 4.78 is 30.2. The molecule has 1 aromatic heterocycles. The third-order valence-electron chi connectivity index (χ3n) is 2.12. The fourth-order valence-electron chi connectivity index (χ4n) is 1.34. The molecule has 0 amide bonds. The normalized spacial score (nSPS) is 10.6. The molecule has 0 spiro atoms. The predicted molar refractivity (Wildman–Crippen MR) is 61.2 cm³/mol. The number of carbonyl (C=O) groups is 1. The van der Waals surface area contributed by atoms with E-state index in [1.165, 1.54) is 0 Å². The van der Waals surface area contributed by atoms with Crippen LogP contribution in [-0.4, -0.2) is 22.5 Å². The summed E-state index contributed by atoms with van der Waals surface area (Å²) in [7, 11) is 0. The maximum absolute atomic E-state index is 12.8. The maximum Gasteiger partial charge on any atom is 0.311 e. The van der Waals surface area contributed by atoms with Crippen molar-refractivity contribution in [2.45, 2.75) is 19.8 Å². The van der Waals surface area contributed by atoms with Gasteiger partial charge in [0.05, 0.1) is 23.6 Å². The Kier molecular flexibility index (Phi) is 5.11. The Hall–Kier alpha value is -1.83. The van der Waals surface area contributed by atoms with E-state index >= 15 is 0 Å². The van der Waals surface area contributed by atoms with Crippen LogP contribution in [0.2, 0.25) is 5.15 Å². The van der Waals surface area contributed by atoms with Crippen LogP contribution in [0.4, 0.5) is 14.5 Å². The van der Waals surface area contributed by atoms with Crippen LogP contribution in [0.1, 0.15) is 24.6 Å². The second-order valence-corrected chi connectivity index (χ2v) is 3.73. The van der Waals surface area contributed by atoms with E-state index in [9.17, 15) is 23.7 Å². The van der Waals surface area contributed by atoms with Crippen molar-refractivity contribution >= 4 is 23.3 Å². The van der Waals surface area contributed by atoms with Crippen molar-refractivity contribution in [2.24, 2.45) is 0 Å². The number of alkyl halides is 2. The molecule has 0 fully saturated rings. The van der Waals surface area contributed by atoms with Crippen molar-refractivity contribution in [3.63, 3.8) is 0 Å². The number of esters is 1. The van der Waals surface area contributed by atoms with Crippen molar-refractivity contribution in [3.8, 4) is 0 Å². The molecular formula is C10H9ClF2N2O4. The zero-order valence-electron chi connectivity index (χ0n) is 9.73. The van der Waals surface area contributed by atoms with Gasteiger partial charge in [-0.3, -0.25) is 14.9 Å². The van der Waals surface area contributed by atoms with Gasteiger partial charge < -0.3 is 4.74 Å². The van der Waals surface area contributed by atoms with Crippen LogP contribution in [0.15, 0.2) is 6.07 Å². The van der Waals surface area contributed by atoms with E-state index < -0.39 is 40.1 Å². The van der Waals surface area contributed by atoms with Gasteiger partial charge in [0.25, 0.3) is 6.43 Å². The standard InChI is InChI=1S/C10H9ClF2N2O4/c1-2-19-8(16)4-6-5(10(12)13)3-7(15(17)18)9(11)14-6/h3,10H,2,4H2,1H3. The van der Waals surface area contributed by atoms with E-state index in [4.69, 9.17) is 11.6 Å². The Morgan fingerprint density at radius 3 is 2.74 bits per heavy atom. The SMILES string of the molecule is CCOC(=O)Cc1nc(Cl)c([N+](=O)[O-])cc1C(F)F. The van der Waals surface area contributed by atoms with Gasteiger partial charge in [0.2, 0.25) is 5.15 Å². The lowest BCUT2D eigenvalue weighted by molar-refractivity contribution is -0.385. The van der Waals surface area contributed by atoms with Gasteiger partial charge in [-0.25, -0.2) is 13.8 Å². The Morgan fingerprint density at radius 2 is 2.26 bits per heavy atom. The van der Waals surface area contributed by atoms with Crippen LogP contribution in [-0.2, 0) is 16.0 Å². The summed E-state index contributed by atoms with van der Waals surface area (Å²) in [5.41, 5.74) is -1.77. The molecule has 1 rings (SSSR count). The molecule has 19 heavy (non-hydrogen) atoms. The van der Waals surface area contributed by atoms with Crippen LogP contribution in [0, 0.1) is 10.1 Å². The number of hydrogen-bond acceptors (Lipinski definition) is 5. The molecule has 0 saturated heterocycles. The van der Waals surface area contributed by atoms with Gasteiger partial charge in [0, 0.05) is 11.6 Å². The topological polar surface area (TPSA) is 82.3 Å². The van der Waals surface area contributed by atoms with Gasteiger partial charge in [-0.2, -0.15) is 0 Å². The van der Waals surface area contributed by atoms with Crippen LogP contribution in [0.5, 0.6) is 0 Å². The first-order valence-corrected chi connectivity index (χ1v) is 5.52. The number of hydrogen-bond donors (Lipinski definition) is 0. The first-order chi connectivity index (χ1) is 8.86. The Bertz CT molecular complexity index is 511. The quantitative estimate of drug-likeness (QED) is 0.361. The summed E-state index contributed by atoms with van der Waals surface area (Å²) in [6.07, 6.45) is -3.53. The minimum atomic E-state index is -3.01. The van der Waals surface area contributed by atoms with E-state index in [2.05, 4.69) is 9.72 Å². The average Bonchev–Trinajstić information content (AvgIpc) is 2.28. The summed E-state index contributed by atoms with van der Waals surface area (Å²) in [5.74, 6) is -0.762. The minimum Gasteiger partial charge on any atom is -0.466 e. The lowest BCUT2D eigenvalue weighted by Gasteiger charge is -2.08. The zero-order valence-corrected chi connectivity index (χ0v) is 10.5. The largest absolute Gasteiger partial charge is 0.466 e. The van der Waals surface area contributed by atoms with E-state index in [0.717, 1.165) is 0 Å². The second kappa shape index (κ2) is 6.37. The summed E-state index contributed by atoms with van der Waals surface area (Å²) in [4.78, 5) is 24.4. The lowest BCUT2D eigenvalue weighted by Crippen LogP contribution is -2.12. The predicted octanol–water partition coefficient (Wildman–Crippen LogP) is 2.69. The number of carbonyl (C=O) groups excluding carboxylic acids is 1. The smallest absolute Gasteiger partial charge is 0.311 e. The monoisotopic (exact) mass is 294 g/mol. The maximum atomic E-state index is 12.8. The van der Waals surface area contributed by atoms with E-state index in [-0.39, 0.29) is 12.3 Å². The molecule has 104 valence electrons. The van der Waals surface area contributed by atoms with Crippen LogP contribution in [0.25, 0.3) is 0 Å². The summed E-state index contributed by atoms with van der Waals surface area (Å²) in [6.45, 7) is 1.64. The van der Waals surface area contributed by atoms with Crippen molar-refractivity contribution in [3.05, 3.63) is 32.6 Å². The average molecular weight is 295 g/mol. The molecule has 0 bridgehead atoms. The Balaban J connectivity index is 3.19. The van der Waals surface area contributed by atoms with Crippen LogP contribution >= 0.6 is 11.6 Å². The number of nitro groups is 1. The number of rotatable bonds is 5. The fourth-order valence-corrected chi connectivity index (χ4v) is 1.56. The molecule has 0 radical (unpaired) electrons. The first kappa shape index (κ1) is 15.2. The zero-order chi connectivity index (χ0) is 14.6. The molecule has 0 aliphatic rings. The highest BCUT2D eigenvalue weighted by Crippen LogP contribution is 2.30. The first-order valence-electron chi connectivity index (χ1n) is 5.14. The molecule has 0 N–H and O–H groups in total. The minimum absolute atomic E-state index is 0.0869. The molecule has 6 nitrogen and oxygen atoms in total. The molecule has 1 aromatic rings. The number of aromatic nitrogens is 1. The Labute approximate surface area is 111 Å². The van der Waals surface area contributed by atoms with Gasteiger partial charge in [-0.15, -0.1) is 0 Å². The molecule has 0 atom stereocenters. The third kappa shape index (κ3) is 3.82. The third-order valence-corrected chi connectivity index (χ3v) is 2.40. The van der Waals surface area contributed by atoms with E-state index in [1.54, 1.807) is 6.92 Å². The van der Waals surface area contributed by atoms with Crippen LogP contribution in [0.3, 0.4) is 0 Å². The van der Waals surface area contributed by atoms with Crippen molar-refractivity contribution in [2.75, 3.05) is 6.61 Å². The van der Waals surface area contributed by atoms with Gasteiger partial charge >= 0.3 is 11.7 Å². The molecule has 1 heterocycles. The van der Waals surface area contributed by atoms with Gasteiger partial charge in [0.1, 0.15) is 0 Å². The highest BCUT2D eigenvalue weighted by Gasteiger charge is 2.24. The molecule has 0 aromatic carbocycles. The summed E-state index contributed by atoms with van der Waals surface area (Å²) in [6, 6.07) is 0.620. The highest BCUT2D eigenvalue weighted by molar-refractivity contribution is 6.31. The number of pyridine rings is 1. The summed E-state index contributed by atoms with van der Waals surface area (Å²) in [5, 5.41) is 10.0. The van der Waals surface area contributed by atoms with Crippen molar-refractivity contribution < 1.29 is 23.2 Å². The van der Waals surface area contributed by atoms with E-state index in [0.29, 0.717) is 6.07 Å². The molecule has 0 unspecified atom stereocenters. The second-order valence-electron chi connectivity index (χ2n) is 3.37. The van der Waals surface area contributed by atoms with Gasteiger partial charge in [-0.05, 0) is 6.92 Å². The molecule has 0 aliphatic carbocycles. The Morgan fingerprint density at radius 1 is 1.63 bits per heavy atom. The van der Waals surface area contributed by atoms with Gasteiger partial charge in [0.15, 0.2) is 0 Å². The number of nitrogens with zero attached hydrogens (tertiary/aromatic N) is 2. The van der Waals surface area contributed by atoms with E-state index in [1.807, 2.05) is 0 Å².